The molecule has 0 unspecified atom stereocenters. The van der Waals surface area contributed by atoms with E-state index in [-0.39, 0.29) is 28.2 Å². The van der Waals surface area contributed by atoms with Gasteiger partial charge >= 0.3 is 0 Å². The van der Waals surface area contributed by atoms with Crippen LogP contribution in [0.3, 0.4) is 0 Å². The third-order valence-corrected chi connectivity index (χ3v) is 7.44. The number of halogens is 3. The van der Waals surface area contributed by atoms with Crippen molar-refractivity contribution in [3.8, 4) is 22.8 Å². The largest absolute Gasteiger partial charge is 0.338 e. The minimum absolute atomic E-state index is 0.0758. The van der Waals surface area contributed by atoms with Crippen LogP contribution in [0.4, 0.5) is 8.78 Å². The van der Waals surface area contributed by atoms with Crippen molar-refractivity contribution in [3.05, 3.63) is 83.4 Å². The lowest BCUT2D eigenvalue weighted by atomic mass is 9.92. The molecular formula is C25H18ClF2N11O. The van der Waals surface area contributed by atoms with E-state index in [0.717, 1.165) is 0 Å². The topological polar surface area (TPSA) is 136 Å². The third-order valence-electron chi connectivity index (χ3n) is 7.15. The van der Waals surface area contributed by atoms with E-state index in [1.54, 1.807) is 23.1 Å². The van der Waals surface area contributed by atoms with Crippen LogP contribution in [0.2, 0.25) is 5.02 Å². The number of H-pyrrole nitrogens is 1. The van der Waals surface area contributed by atoms with Crippen molar-refractivity contribution in [1.82, 2.24) is 55.1 Å². The highest BCUT2D eigenvalue weighted by Crippen LogP contribution is 2.44. The zero-order chi connectivity index (χ0) is 27.4. The van der Waals surface area contributed by atoms with Crippen LogP contribution in [0, 0.1) is 11.8 Å². The van der Waals surface area contributed by atoms with Crippen molar-refractivity contribution in [2.75, 3.05) is 0 Å². The average Bonchev–Trinajstić information content (AvgIpc) is 3.77. The molecule has 1 amide bonds. The second-order valence-electron chi connectivity index (χ2n) is 9.39. The van der Waals surface area contributed by atoms with E-state index in [4.69, 9.17) is 11.6 Å². The number of benzene rings is 1. The van der Waals surface area contributed by atoms with Gasteiger partial charge in [0.25, 0.3) is 0 Å². The smallest absolute Gasteiger partial charge is 0.247 e. The molecule has 1 aromatic carbocycles. The van der Waals surface area contributed by atoms with Crippen molar-refractivity contribution in [1.29, 1.82) is 0 Å². The van der Waals surface area contributed by atoms with Gasteiger partial charge in [-0.05, 0) is 59.5 Å². The highest BCUT2D eigenvalue weighted by molar-refractivity contribution is 6.31. The van der Waals surface area contributed by atoms with E-state index in [0.29, 0.717) is 47.7 Å². The fraction of sp³-hybridized carbons (Fsp3) is 0.200. The number of pyridine rings is 1. The maximum Gasteiger partial charge on any atom is 0.247 e. The quantitative estimate of drug-likeness (QED) is 0.344. The van der Waals surface area contributed by atoms with Gasteiger partial charge in [0, 0.05) is 29.4 Å². The molecule has 2 aliphatic rings. The molecule has 0 saturated carbocycles. The van der Waals surface area contributed by atoms with Crippen LogP contribution in [0.5, 0.6) is 0 Å². The van der Waals surface area contributed by atoms with Crippen LogP contribution in [-0.2, 0) is 4.79 Å². The Hall–Kier alpha value is -4.85. The summed E-state index contributed by atoms with van der Waals surface area (Å²) in [4.78, 5) is 27.9. The molecule has 40 heavy (non-hydrogen) atoms. The number of carbonyl (C=O) groups is 1. The standard InChI is InChI=1S/C25H18ClF2N11O/c26-16-2-4-17(37-12-30-35-36-37)21(22(16)27)14-9-15-1-3-18(38(15)20(40)11-14)25-33-23(24(28)34-25)13-5-6-29-19(10-13)39-31-7-8-32-39/h2,4-8,10-12,15,18H,1,3,9H2,(H,33,34)/t15-,18+/m1/s1. The Balaban J connectivity index is 1.21. The summed E-state index contributed by atoms with van der Waals surface area (Å²) in [5.74, 6) is -0.936. The Morgan fingerprint density at radius 2 is 1.93 bits per heavy atom. The number of hydrogen-bond donors (Lipinski definition) is 1. The molecule has 6 heterocycles. The number of amides is 1. The normalized spacial score (nSPS) is 18.7. The van der Waals surface area contributed by atoms with E-state index in [1.165, 1.54) is 46.5 Å². The molecule has 1 N–H and O–H groups in total. The summed E-state index contributed by atoms with van der Waals surface area (Å²) in [6, 6.07) is 5.59. The zero-order valence-corrected chi connectivity index (χ0v) is 21.2. The van der Waals surface area contributed by atoms with Gasteiger partial charge in [0.15, 0.2) is 11.6 Å². The van der Waals surface area contributed by atoms with Gasteiger partial charge in [-0.1, -0.05) is 11.6 Å². The number of carbonyl (C=O) groups excluding carboxylic acids is 1. The lowest BCUT2D eigenvalue weighted by Gasteiger charge is -2.33. The van der Waals surface area contributed by atoms with Gasteiger partial charge in [-0.3, -0.25) is 4.79 Å². The van der Waals surface area contributed by atoms with Crippen molar-refractivity contribution >= 4 is 23.1 Å². The molecule has 200 valence electrons. The van der Waals surface area contributed by atoms with Gasteiger partial charge in [0.05, 0.1) is 29.1 Å². The number of nitrogens with one attached hydrogen (secondary N) is 1. The van der Waals surface area contributed by atoms with Crippen LogP contribution < -0.4 is 0 Å². The number of aromatic nitrogens is 10. The molecule has 1 saturated heterocycles. The minimum atomic E-state index is -0.697. The summed E-state index contributed by atoms with van der Waals surface area (Å²) in [6.45, 7) is 0. The first-order valence-electron chi connectivity index (χ1n) is 12.3. The predicted octanol–water partition coefficient (Wildman–Crippen LogP) is 3.48. The van der Waals surface area contributed by atoms with E-state index >= 15 is 8.78 Å². The number of nitrogens with zero attached hydrogens (tertiary/aromatic N) is 10. The molecule has 0 spiro atoms. The number of fused-ring (bicyclic) bond motifs is 1. The number of aromatic amines is 1. The summed E-state index contributed by atoms with van der Waals surface area (Å²) in [5.41, 5.74) is 1.70. The summed E-state index contributed by atoms with van der Waals surface area (Å²) < 4.78 is 31.8. The Labute approximate surface area is 229 Å². The summed E-state index contributed by atoms with van der Waals surface area (Å²) in [7, 11) is 0. The molecule has 0 bridgehead atoms. The van der Waals surface area contributed by atoms with Gasteiger partial charge in [0.1, 0.15) is 17.8 Å². The van der Waals surface area contributed by atoms with Crippen molar-refractivity contribution in [2.45, 2.75) is 31.3 Å². The van der Waals surface area contributed by atoms with Crippen LogP contribution in [-0.4, -0.2) is 67.0 Å². The Kier molecular flexibility index (Phi) is 5.70. The molecular weight excluding hydrogens is 544 g/mol. The molecule has 12 nitrogen and oxygen atoms in total. The van der Waals surface area contributed by atoms with Crippen LogP contribution in [0.1, 0.15) is 36.7 Å². The zero-order valence-electron chi connectivity index (χ0n) is 20.5. The molecule has 15 heteroatoms. The first-order chi connectivity index (χ1) is 19.5. The number of rotatable bonds is 5. The van der Waals surface area contributed by atoms with E-state index in [2.05, 4.69) is 40.7 Å². The van der Waals surface area contributed by atoms with E-state index in [1.807, 2.05) is 0 Å². The van der Waals surface area contributed by atoms with Crippen molar-refractivity contribution in [3.63, 3.8) is 0 Å². The van der Waals surface area contributed by atoms with Crippen molar-refractivity contribution in [2.24, 2.45) is 0 Å². The summed E-state index contributed by atoms with van der Waals surface area (Å²) >= 11 is 6.11. The second kappa shape index (κ2) is 9.41. The molecule has 0 aliphatic carbocycles. The molecule has 2 atom stereocenters. The van der Waals surface area contributed by atoms with Gasteiger partial charge < -0.3 is 9.88 Å². The third kappa shape index (κ3) is 3.95. The van der Waals surface area contributed by atoms with Crippen LogP contribution >= 0.6 is 11.6 Å². The molecule has 7 rings (SSSR count). The van der Waals surface area contributed by atoms with Crippen LogP contribution in [0.15, 0.2) is 55.3 Å². The molecule has 2 aliphatic heterocycles. The summed E-state index contributed by atoms with van der Waals surface area (Å²) in [6.07, 6.45) is 8.84. The molecule has 5 aromatic rings. The van der Waals surface area contributed by atoms with Gasteiger partial charge in [-0.25, -0.2) is 14.4 Å². The fourth-order valence-corrected chi connectivity index (χ4v) is 5.60. The summed E-state index contributed by atoms with van der Waals surface area (Å²) in [5, 5.41) is 19.2. The molecule has 0 radical (unpaired) electrons. The fourth-order valence-electron chi connectivity index (χ4n) is 5.44. The lowest BCUT2D eigenvalue weighted by molar-refractivity contribution is -0.129. The Morgan fingerprint density at radius 3 is 2.73 bits per heavy atom. The Bertz CT molecular complexity index is 1770. The van der Waals surface area contributed by atoms with Crippen LogP contribution in [0.25, 0.3) is 28.3 Å². The lowest BCUT2D eigenvalue weighted by Crippen LogP contribution is -2.39. The first-order valence-corrected chi connectivity index (χ1v) is 12.7. The Morgan fingerprint density at radius 1 is 1.07 bits per heavy atom. The molecule has 4 aromatic heterocycles. The minimum Gasteiger partial charge on any atom is -0.338 e. The first kappa shape index (κ1) is 24.2. The van der Waals surface area contributed by atoms with Gasteiger partial charge in [0.2, 0.25) is 11.9 Å². The number of hydrogen-bond acceptors (Lipinski definition) is 8. The highest BCUT2D eigenvalue weighted by Gasteiger charge is 2.42. The maximum atomic E-state index is 15.3. The number of imidazole rings is 1. The highest BCUT2D eigenvalue weighted by atomic mass is 35.5. The SMILES string of the molecule is O=C1C=C(c2c(-n3cnnn3)ccc(Cl)c2F)C[C@H]2CC[C@@H](c3nc(F)c(-c4ccnc(-n5nccn5)c4)[nH]3)N12. The molecule has 1 fully saturated rings. The average molecular weight is 562 g/mol. The van der Waals surface area contributed by atoms with E-state index in [9.17, 15) is 4.79 Å². The monoisotopic (exact) mass is 561 g/mol. The van der Waals surface area contributed by atoms with Gasteiger partial charge in [-0.15, -0.1) is 9.90 Å². The predicted molar refractivity (Wildman–Crippen MR) is 136 cm³/mol. The maximum absolute atomic E-state index is 15.3. The van der Waals surface area contributed by atoms with E-state index < -0.39 is 17.8 Å². The van der Waals surface area contributed by atoms with Gasteiger partial charge in [-0.2, -0.15) is 19.3 Å². The number of tetrazole rings is 1. The van der Waals surface area contributed by atoms with Crippen molar-refractivity contribution < 1.29 is 13.6 Å². The second-order valence-corrected chi connectivity index (χ2v) is 9.79.